The zero-order chi connectivity index (χ0) is 28.7. The number of hydrogen-bond donors (Lipinski definition) is 3. The van der Waals surface area contributed by atoms with Crippen molar-refractivity contribution in [1.82, 2.24) is 16.0 Å². The lowest BCUT2D eigenvalue weighted by Gasteiger charge is -2.29. The van der Waals surface area contributed by atoms with Crippen LogP contribution in [-0.4, -0.2) is 41.5 Å². The van der Waals surface area contributed by atoms with Gasteiger partial charge in [-0.2, -0.15) is 5.26 Å². The first-order chi connectivity index (χ1) is 19.0. The van der Waals surface area contributed by atoms with E-state index in [-0.39, 0.29) is 29.7 Å². The molecule has 2 aromatic rings. The Bertz CT molecular complexity index is 1280. The van der Waals surface area contributed by atoms with E-state index in [1.807, 2.05) is 30.3 Å². The van der Waals surface area contributed by atoms with E-state index in [0.717, 1.165) is 36.0 Å². The van der Waals surface area contributed by atoms with Crippen LogP contribution in [0.3, 0.4) is 0 Å². The Labute approximate surface area is 232 Å². The fraction of sp³-hybridized carbons (Fsp3) is 0.516. The number of benzene rings is 2. The molecule has 0 saturated heterocycles. The number of carbonyl (C=O) groups excluding carboxylic acids is 2. The third kappa shape index (κ3) is 6.84. The van der Waals surface area contributed by atoms with Crippen LogP contribution in [0, 0.1) is 17.2 Å². The van der Waals surface area contributed by atoms with Crippen molar-refractivity contribution >= 4 is 11.8 Å². The number of hydrogen-bond acceptors (Lipinski definition) is 4. The minimum absolute atomic E-state index is 0.0353. The molecule has 6 nitrogen and oxygen atoms in total. The third-order valence-electron chi connectivity index (χ3n) is 7.96. The van der Waals surface area contributed by atoms with E-state index in [1.54, 1.807) is 24.3 Å². The van der Waals surface area contributed by atoms with Crippen LogP contribution < -0.4 is 16.0 Å². The highest BCUT2D eigenvalue weighted by atomic mass is 19.3. The second-order valence-electron chi connectivity index (χ2n) is 12.1. The van der Waals surface area contributed by atoms with Crippen LogP contribution in [0.1, 0.15) is 75.5 Å². The van der Waals surface area contributed by atoms with Gasteiger partial charge in [0.2, 0.25) is 11.8 Å². The van der Waals surface area contributed by atoms with E-state index in [9.17, 15) is 28.0 Å². The molecule has 3 aliphatic carbocycles. The summed E-state index contributed by atoms with van der Waals surface area (Å²) in [6, 6.07) is 14.3. The lowest BCUT2D eigenvalue weighted by atomic mass is 9.96. The molecule has 3 N–H and O–H groups in total. The van der Waals surface area contributed by atoms with Gasteiger partial charge in [-0.05, 0) is 74.1 Å². The first-order valence-electron chi connectivity index (χ1n) is 13.9. The summed E-state index contributed by atoms with van der Waals surface area (Å²) in [5.74, 6) is -0.250. The zero-order valence-electron chi connectivity index (χ0n) is 22.7. The van der Waals surface area contributed by atoms with Gasteiger partial charge in [0.15, 0.2) is 0 Å². The molecular formula is C31H35F3N4O2. The van der Waals surface area contributed by atoms with E-state index >= 15 is 0 Å². The lowest BCUT2D eigenvalue weighted by Crippen LogP contribution is -2.52. The maximum atomic E-state index is 14.5. The molecule has 9 heteroatoms. The average Bonchev–Trinajstić information content (AvgIpc) is 3.78. The molecule has 3 aliphatic rings. The zero-order valence-corrected chi connectivity index (χ0v) is 22.7. The monoisotopic (exact) mass is 552 g/mol. The van der Waals surface area contributed by atoms with Crippen LogP contribution in [0.2, 0.25) is 0 Å². The molecule has 0 aromatic heterocycles. The molecule has 40 heavy (non-hydrogen) atoms. The Morgan fingerprint density at radius 2 is 1.65 bits per heavy atom. The van der Waals surface area contributed by atoms with Crippen LogP contribution >= 0.6 is 0 Å². The number of nitrogens with one attached hydrogen (secondary N) is 3. The normalized spacial score (nSPS) is 22.6. The Balaban J connectivity index is 1.25. The fourth-order valence-electron chi connectivity index (χ4n) is 5.15. The number of carbonyl (C=O) groups is 2. The standard InChI is InChI=1S/C31H35F3N4O2/c1-30(2,34)16-25(29(40)38-31(17-35)13-14-31)37-26(27(32)33)21-9-5-19(6-10-21)18-3-7-20(8-4-18)23-15-24(23)28(39)36-22-11-12-22/h3-10,22-27,37H,11-16H2,1-2H3,(H,36,39)(H,38,40)/t23?,24-,25+,26+/m1/s1. The van der Waals surface area contributed by atoms with Gasteiger partial charge in [-0.15, -0.1) is 0 Å². The van der Waals surface area contributed by atoms with E-state index in [1.165, 1.54) is 13.8 Å². The summed E-state index contributed by atoms with van der Waals surface area (Å²) in [5.41, 5.74) is 0.364. The average molecular weight is 553 g/mol. The van der Waals surface area contributed by atoms with Gasteiger partial charge in [-0.25, -0.2) is 13.2 Å². The Hall–Kier alpha value is -3.38. The molecule has 5 rings (SSSR count). The molecule has 0 bridgehead atoms. The number of rotatable bonds is 12. The van der Waals surface area contributed by atoms with Gasteiger partial charge in [0, 0.05) is 18.4 Å². The Morgan fingerprint density at radius 3 is 2.15 bits per heavy atom. The van der Waals surface area contributed by atoms with Crippen molar-refractivity contribution in [2.75, 3.05) is 0 Å². The maximum Gasteiger partial charge on any atom is 0.257 e. The summed E-state index contributed by atoms with van der Waals surface area (Å²) in [6.45, 7) is 2.58. The second kappa shape index (κ2) is 10.9. The molecule has 212 valence electrons. The number of nitriles is 1. The summed E-state index contributed by atoms with van der Waals surface area (Å²) in [6.07, 6.45) is 0.788. The molecule has 4 atom stereocenters. The van der Waals surface area contributed by atoms with Crippen LogP contribution in [0.5, 0.6) is 0 Å². The van der Waals surface area contributed by atoms with Gasteiger partial charge in [0.05, 0.1) is 18.2 Å². The molecule has 2 aromatic carbocycles. The summed E-state index contributed by atoms with van der Waals surface area (Å²) >= 11 is 0. The Morgan fingerprint density at radius 1 is 1.05 bits per heavy atom. The number of amides is 2. The van der Waals surface area contributed by atoms with Crippen molar-refractivity contribution in [2.45, 2.75) is 94.0 Å². The maximum absolute atomic E-state index is 14.5. The number of alkyl halides is 3. The third-order valence-corrected chi connectivity index (χ3v) is 7.96. The van der Waals surface area contributed by atoms with Crippen molar-refractivity contribution in [3.63, 3.8) is 0 Å². The molecule has 2 amide bonds. The molecule has 0 heterocycles. The minimum Gasteiger partial charge on any atom is -0.353 e. The van der Waals surface area contributed by atoms with Crippen LogP contribution in [0.25, 0.3) is 11.1 Å². The predicted molar refractivity (Wildman–Crippen MR) is 145 cm³/mol. The van der Waals surface area contributed by atoms with Crippen molar-refractivity contribution in [3.05, 3.63) is 59.7 Å². The van der Waals surface area contributed by atoms with Crippen LogP contribution in [0.4, 0.5) is 13.2 Å². The Kier molecular flexibility index (Phi) is 7.66. The van der Waals surface area contributed by atoms with Gasteiger partial charge in [-0.3, -0.25) is 14.9 Å². The van der Waals surface area contributed by atoms with Crippen molar-refractivity contribution in [2.24, 2.45) is 5.92 Å². The first-order valence-corrected chi connectivity index (χ1v) is 13.9. The number of halogens is 3. The van der Waals surface area contributed by atoms with Gasteiger partial charge in [0.1, 0.15) is 11.2 Å². The molecular weight excluding hydrogens is 517 g/mol. The molecule has 1 unspecified atom stereocenters. The summed E-state index contributed by atoms with van der Waals surface area (Å²) < 4.78 is 42.9. The summed E-state index contributed by atoms with van der Waals surface area (Å²) in [4.78, 5) is 25.2. The van der Waals surface area contributed by atoms with E-state index < -0.39 is 35.6 Å². The quantitative estimate of drug-likeness (QED) is 0.333. The summed E-state index contributed by atoms with van der Waals surface area (Å²) in [7, 11) is 0. The van der Waals surface area contributed by atoms with Gasteiger partial charge in [0.25, 0.3) is 6.43 Å². The van der Waals surface area contributed by atoms with Crippen molar-refractivity contribution < 1.29 is 22.8 Å². The molecule has 3 saturated carbocycles. The van der Waals surface area contributed by atoms with E-state index in [4.69, 9.17) is 0 Å². The van der Waals surface area contributed by atoms with Gasteiger partial charge < -0.3 is 10.6 Å². The molecule has 3 fully saturated rings. The highest BCUT2D eigenvalue weighted by Gasteiger charge is 2.47. The smallest absolute Gasteiger partial charge is 0.257 e. The predicted octanol–water partition coefficient (Wildman–Crippen LogP) is 5.31. The van der Waals surface area contributed by atoms with Gasteiger partial charge in [-0.1, -0.05) is 48.5 Å². The van der Waals surface area contributed by atoms with Crippen molar-refractivity contribution in [3.8, 4) is 17.2 Å². The van der Waals surface area contributed by atoms with Crippen molar-refractivity contribution in [1.29, 1.82) is 5.26 Å². The summed E-state index contributed by atoms with van der Waals surface area (Å²) in [5, 5.41) is 17.6. The lowest BCUT2D eigenvalue weighted by molar-refractivity contribution is -0.125. The largest absolute Gasteiger partial charge is 0.353 e. The van der Waals surface area contributed by atoms with E-state index in [2.05, 4.69) is 16.0 Å². The number of nitrogens with zero attached hydrogens (tertiary/aromatic N) is 1. The van der Waals surface area contributed by atoms with Gasteiger partial charge >= 0.3 is 0 Å². The first kappa shape index (κ1) is 28.2. The topological polar surface area (TPSA) is 94.0 Å². The molecule has 0 spiro atoms. The minimum atomic E-state index is -2.85. The highest BCUT2D eigenvalue weighted by molar-refractivity contribution is 5.84. The molecule has 0 aliphatic heterocycles. The highest BCUT2D eigenvalue weighted by Crippen LogP contribution is 2.48. The van der Waals surface area contributed by atoms with Crippen LogP contribution in [0.15, 0.2) is 48.5 Å². The van der Waals surface area contributed by atoms with Crippen LogP contribution in [-0.2, 0) is 9.59 Å². The SMILES string of the molecule is CC(C)(F)C[C@H](N[C@@H](c1ccc(-c2ccc(C3C[C@H]3C(=O)NC3CC3)cc2)cc1)C(F)F)C(=O)NC1(C#N)CC1. The molecule has 0 radical (unpaired) electrons. The second-order valence-corrected chi connectivity index (χ2v) is 12.1. The fourth-order valence-corrected chi connectivity index (χ4v) is 5.15. The van der Waals surface area contributed by atoms with E-state index in [0.29, 0.717) is 18.9 Å².